The lowest BCUT2D eigenvalue weighted by Crippen LogP contribution is -2.38. The van der Waals surface area contributed by atoms with Crippen LogP contribution < -0.4 is 14.7 Å². The minimum Gasteiger partial charge on any atom is -0.306 e. The number of nitrogens with zero attached hydrogens (tertiary/aromatic N) is 7. The molecule has 0 aromatic carbocycles. The number of pyridine rings is 1. The van der Waals surface area contributed by atoms with E-state index in [1.54, 1.807) is 23.2 Å². The summed E-state index contributed by atoms with van der Waals surface area (Å²) in [5.41, 5.74) is 2.44. The standard InChI is InChI=1S/C18H15Cl2N9O/c1-18(2)9-27(12-8-21-14-6-13(20)26-28(14)15(12)18)17(30)25-10-5-11(19)16(22-7-10)29-23-3-4-24-29/h3-8H,9H2,1-2H3,(H,25,30)/p+1. The van der Waals surface area contributed by atoms with Gasteiger partial charge in [-0.3, -0.25) is 4.90 Å². The van der Waals surface area contributed by atoms with Crippen LogP contribution in [0.15, 0.2) is 36.9 Å². The van der Waals surface area contributed by atoms with E-state index in [9.17, 15) is 4.79 Å². The molecule has 2 amide bonds. The van der Waals surface area contributed by atoms with Crippen molar-refractivity contribution in [2.45, 2.75) is 19.3 Å². The van der Waals surface area contributed by atoms with Gasteiger partial charge in [0.15, 0.2) is 17.7 Å². The summed E-state index contributed by atoms with van der Waals surface area (Å²) in [5, 5.41) is 14.7. The van der Waals surface area contributed by atoms with E-state index in [0.29, 0.717) is 39.6 Å². The van der Waals surface area contributed by atoms with Crippen LogP contribution >= 0.6 is 23.2 Å². The van der Waals surface area contributed by atoms with E-state index in [0.717, 1.165) is 5.69 Å². The summed E-state index contributed by atoms with van der Waals surface area (Å²) in [4.78, 5) is 24.7. The number of aromatic nitrogens is 7. The number of hydrogen-bond donors (Lipinski definition) is 2. The maximum Gasteiger partial charge on any atom is 0.349 e. The van der Waals surface area contributed by atoms with Gasteiger partial charge in [0.1, 0.15) is 10.8 Å². The maximum absolute atomic E-state index is 13.1. The second-order valence-corrected chi connectivity index (χ2v) is 8.35. The molecule has 0 atom stereocenters. The van der Waals surface area contributed by atoms with Crippen molar-refractivity contribution < 1.29 is 9.31 Å². The highest BCUT2D eigenvalue weighted by atomic mass is 35.5. The smallest absolute Gasteiger partial charge is 0.306 e. The van der Waals surface area contributed by atoms with Gasteiger partial charge in [0.05, 0.1) is 35.4 Å². The molecule has 0 bridgehead atoms. The quantitative estimate of drug-likeness (QED) is 0.462. The second kappa shape index (κ2) is 6.64. The zero-order valence-electron chi connectivity index (χ0n) is 16.0. The molecule has 0 spiro atoms. The largest absolute Gasteiger partial charge is 0.349 e. The number of hydrogen-bond acceptors (Lipinski definition) is 5. The molecule has 2 N–H and O–H groups in total. The third kappa shape index (κ3) is 2.96. The lowest BCUT2D eigenvalue weighted by Gasteiger charge is -2.19. The fourth-order valence-corrected chi connectivity index (χ4v) is 4.11. The van der Waals surface area contributed by atoms with Gasteiger partial charge in [-0.2, -0.15) is 10.2 Å². The predicted molar refractivity (Wildman–Crippen MR) is 110 cm³/mol. The van der Waals surface area contributed by atoms with E-state index in [2.05, 4.69) is 44.4 Å². The molecule has 12 heteroatoms. The van der Waals surface area contributed by atoms with Gasteiger partial charge in [0.2, 0.25) is 0 Å². The summed E-state index contributed by atoms with van der Waals surface area (Å²) in [6.45, 7) is 4.59. The van der Waals surface area contributed by atoms with Crippen LogP contribution in [-0.2, 0) is 5.41 Å². The van der Waals surface area contributed by atoms with Crippen LogP contribution in [0.4, 0.5) is 16.2 Å². The lowest BCUT2D eigenvalue weighted by atomic mass is 9.91. The summed E-state index contributed by atoms with van der Waals surface area (Å²) >= 11 is 12.4. The van der Waals surface area contributed by atoms with Crippen LogP contribution in [0.2, 0.25) is 10.2 Å². The highest BCUT2D eigenvalue weighted by molar-refractivity contribution is 6.32. The van der Waals surface area contributed by atoms with Gasteiger partial charge in [-0.15, -0.1) is 9.31 Å². The van der Waals surface area contributed by atoms with E-state index < -0.39 is 0 Å². The average molecular weight is 445 g/mol. The number of carbonyl (C=O) groups is 1. The summed E-state index contributed by atoms with van der Waals surface area (Å²) in [7, 11) is 0. The van der Waals surface area contributed by atoms with E-state index in [-0.39, 0.29) is 11.4 Å². The predicted octanol–water partition coefficient (Wildman–Crippen LogP) is 2.76. The molecule has 30 heavy (non-hydrogen) atoms. The molecule has 0 saturated carbocycles. The third-order valence-electron chi connectivity index (χ3n) is 4.90. The van der Waals surface area contributed by atoms with Crippen molar-refractivity contribution in [3.05, 3.63) is 52.8 Å². The Kier molecular flexibility index (Phi) is 4.16. The van der Waals surface area contributed by atoms with Crippen molar-refractivity contribution in [2.24, 2.45) is 0 Å². The van der Waals surface area contributed by atoms with Crippen molar-refractivity contribution in [2.75, 3.05) is 16.8 Å². The Morgan fingerprint density at radius 1 is 1.20 bits per heavy atom. The number of urea groups is 1. The molecule has 4 aromatic rings. The van der Waals surface area contributed by atoms with Gasteiger partial charge in [-0.05, 0) is 11.1 Å². The zero-order chi connectivity index (χ0) is 21.0. The molecule has 0 unspecified atom stereocenters. The minimum absolute atomic E-state index is 0.311. The number of H-pyrrole nitrogens is 1. The van der Waals surface area contributed by atoms with Gasteiger partial charge < -0.3 is 5.32 Å². The topological polar surface area (TPSA) is 109 Å². The number of aromatic amines is 1. The molecule has 0 saturated heterocycles. The highest BCUT2D eigenvalue weighted by Crippen LogP contribution is 2.38. The fraction of sp³-hybridized carbons (Fsp3) is 0.222. The molecule has 4 aromatic heterocycles. The van der Waals surface area contributed by atoms with Crippen molar-refractivity contribution >= 4 is 46.3 Å². The first-order valence-corrected chi connectivity index (χ1v) is 9.79. The monoisotopic (exact) mass is 444 g/mol. The molecular weight excluding hydrogens is 429 g/mol. The van der Waals surface area contributed by atoms with Crippen molar-refractivity contribution in [3.8, 4) is 5.82 Å². The van der Waals surface area contributed by atoms with Gasteiger partial charge in [0.25, 0.3) is 0 Å². The van der Waals surface area contributed by atoms with Crippen LogP contribution in [0.25, 0.3) is 11.5 Å². The van der Waals surface area contributed by atoms with E-state index in [1.165, 1.54) is 23.4 Å². The molecule has 10 nitrogen and oxygen atoms in total. The van der Waals surface area contributed by atoms with Crippen LogP contribution in [0.1, 0.15) is 19.5 Å². The number of nitrogens with one attached hydrogen (secondary N) is 2. The average Bonchev–Trinajstić information content (AvgIpc) is 3.39. The van der Waals surface area contributed by atoms with Gasteiger partial charge >= 0.3 is 11.7 Å². The first kappa shape index (κ1) is 18.8. The number of carbonyl (C=O) groups excluding carboxylic acids is 1. The number of rotatable bonds is 2. The summed E-state index contributed by atoms with van der Waals surface area (Å²) in [6.07, 6.45) is 6.24. The van der Waals surface area contributed by atoms with Crippen LogP contribution in [0, 0.1) is 0 Å². The number of fused-ring (bicyclic) bond motifs is 3. The van der Waals surface area contributed by atoms with E-state index in [1.807, 2.05) is 4.52 Å². The van der Waals surface area contributed by atoms with E-state index >= 15 is 0 Å². The SMILES string of the molecule is CC1(C)CN(C(=O)Nc2cnc(-n3nccn3)c(Cl)c2)c2cnc3cc(Cl)[nH][n+]3c21. The maximum atomic E-state index is 13.1. The number of amides is 2. The Labute approximate surface area is 180 Å². The van der Waals surface area contributed by atoms with Crippen LogP contribution in [0.3, 0.4) is 0 Å². The first-order chi connectivity index (χ1) is 14.3. The molecule has 1 aliphatic rings. The van der Waals surface area contributed by atoms with Gasteiger partial charge in [-0.1, -0.05) is 37.0 Å². The third-order valence-corrected chi connectivity index (χ3v) is 5.37. The molecule has 5 heterocycles. The summed E-state index contributed by atoms with van der Waals surface area (Å²) in [5.74, 6) is 0.374. The van der Waals surface area contributed by atoms with Crippen molar-refractivity contribution in [1.82, 2.24) is 30.1 Å². The molecule has 152 valence electrons. The Morgan fingerprint density at radius 3 is 2.70 bits per heavy atom. The molecule has 0 fully saturated rings. The Balaban J connectivity index is 1.46. The summed E-state index contributed by atoms with van der Waals surface area (Å²) < 4.78 is 1.81. The first-order valence-electron chi connectivity index (χ1n) is 9.04. The Hall–Kier alpha value is -3.24. The molecule has 0 aliphatic carbocycles. The Bertz CT molecular complexity index is 1280. The van der Waals surface area contributed by atoms with Crippen LogP contribution in [-0.4, -0.2) is 42.6 Å². The van der Waals surface area contributed by atoms with Crippen molar-refractivity contribution in [1.29, 1.82) is 0 Å². The van der Waals surface area contributed by atoms with E-state index in [4.69, 9.17) is 23.2 Å². The number of anilines is 2. The molecule has 1 aliphatic heterocycles. The number of halogens is 2. The molecule has 0 radical (unpaired) electrons. The zero-order valence-corrected chi connectivity index (χ0v) is 17.5. The van der Waals surface area contributed by atoms with Crippen LogP contribution in [0.5, 0.6) is 0 Å². The molecular formula is C18H16Cl2N9O+. The minimum atomic E-state index is -0.321. The highest BCUT2D eigenvalue weighted by Gasteiger charge is 2.45. The normalized spacial score (nSPS) is 14.9. The molecule has 5 rings (SSSR count). The lowest BCUT2D eigenvalue weighted by molar-refractivity contribution is -0.589. The Morgan fingerprint density at radius 2 is 1.97 bits per heavy atom. The van der Waals surface area contributed by atoms with Gasteiger partial charge in [0, 0.05) is 12.0 Å². The second-order valence-electron chi connectivity index (χ2n) is 7.54. The van der Waals surface area contributed by atoms with Gasteiger partial charge in [-0.25, -0.2) is 14.9 Å². The fourth-order valence-electron chi connectivity index (χ4n) is 3.69. The van der Waals surface area contributed by atoms with Crippen molar-refractivity contribution in [3.63, 3.8) is 0 Å². The summed E-state index contributed by atoms with van der Waals surface area (Å²) in [6, 6.07) is 3.03.